The maximum Gasteiger partial charge on any atom is 1.00 e. The first kappa shape index (κ1) is 31.7. The summed E-state index contributed by atoms with van der Waals surface area (Å²) in [6.07, 6.45) is 23.5. The normalized spacial score (nSPS) is 13.8. The van der Waals surface area contributed by atoms with E-state index in [0.717, 1.165) is 25.9 Å². The fourth-order valence-electron chi connectivity index (χ4n) is 3.74. The van der Waals surface area contributed by atoms with Gasteiger partial charge in [0.15, 0.2) is 0 Å². The number of carboxylic acids is 1. The van der Waals surface area contributed by atoms with Crippen LogP contribution in [0.3, 0.4) is 0 Å². The molecule has 4 heteroatoms. The Balaban J connectivity index is 0. The van der Waals surface area contributed by atoms with Crippen LogP contribution >= 0.6 is 0 Å². The number of carbonyl (C=O) groups excluding carboxylic acids is 1. The van der Waals surface area contributed by atoms with E-state index in [1.54, 1.807) is 0 Å². The van der Waals surface area contributed by atoms with Gasteiger partial charge in [-0.15, -0.1) is 0 Å². The standard InChI is InChI=1S/C26H49NO2.Li/c1-5-7-9-11-13-15-17-24(3)19-21-27(23-26(28)29)22-20-25(4)18-16-14-12-10-8-6-2;/h5-8,24-25H,9-23H2,1-4H3,(H,28,29);/q;+1/p-1/b7-5+,8-6+;. The van der Waals surface area contributed by atoms with Gasteiger partial charge in [0.25, 0.3) is 0 Å². The number of hydrogen-bond acceptors (Lipinski definition) is 3. The van der Waals surface area contributed by atoms with Crippen LogP contribution in [0.5, 0.6) is 0 Å². The van der Waals surface area contributed by atoms with Crippen LogP contribution in [-0.2, 0) is 4.79 Å². The Bertz CT molecular complexity index is 405. The minimum Gasteiger partial charge on any atom is -0.549 e. The maximum atomic E-state index is 11.1. The Morgan fingerprint density at radius 2 is 1.20 bits per heavy atom. The van der Waals surface area contributed by atoms with Crippen molar-refractivity contribution in [2.24, 2.45) is 11.8 Å². The summed E-state index contributed by atoms with van der Waals surface area (Å²) < 4.78 is 0. The number of nitrogens with zero attached hydrogens (tertiary/aromatic N) is 1. The summed E-state index contributed by atoms with van der Waals surface area (Å²) in [5.74, 6) is 0.379. The van der Waals surface area contributed by atoms with Crippen molar-refractivity contribution < 1.29 is 28.8 Å². The molecule has 0 fully saturated rings. The first-order chi connectivity index (χ1) is 14.0. The van der Waals surface area contributed by atoms with Gasteiger partial charge in [-0.2, -0.15) is 0 Å². The van der Waals surface area contributed by atoms with Crippen molar-refractivity contribution in [1.29, 1.82) is 0 Å². The minimum absolute atomic E-state index is 0. The molecule has 0 amide bonds. The van der Waals surface area contributed by atoms with E-state index in [1.807, 2.05) is 0 Å². The number of unbranched alkanes of at least 4 members (excludes halogenated alkanes) is 6. The van der Waals surface area contributed by atoms with Crippen LogP contribution in [0.4, 0.5) is 0 Å². The van der Waals surface area contributed by atoms with Crippen molar-refractivity contribution in [3.05, 3.63) is 24.3 Å². The van der Waals surface area contributed by atoms with Crippen molar-refractivity contribution in [1.82, 2.24) is 4.90 Å². The molecule has 0 radical (unpaired) electrons. The van der Waals surface area contributed by atoms with E-state index in [4.69, 9.17) is 0 Å². The summed E-state index contributed by atoms with van der Waals surface area (Å²) in [7, 11) is 0. The van der Waals surface area contributed by atoms with Crippen molar-refractivity contribution in [2.45, 2.75) is 105 Å². The number of hydrogen-bond donors (Lipinski definition) is 0. The van der Waals surface area contributed by atoms with E-state index in [0.29, 0.717) is 11.8 Å². The molecule has 0 aromatic heterocycles. The molecule has 0 aliphatic carbocycles. The van der Waals surface area contributed by atoms with Crippen molar-refractivity contribution >= 4 is 5.97 Å². The molecule has 0 spiro atoms. The van der Waals surface area contributed by atoms with E-state index in [1.165, 1.54) is 64.2 Å². The summed E-state index contributed by atoms with van der Waals surface area (Å²) >= 11 is 0. The fraction of sp³-hybridized carbons (Fsp3) is 0.808. The molecule has 0 rings (SSSR count). The van der Waals surface area contributed by atoms with E-state index in [9.17, 15) is 9.90 Å². The van der Waals surface area contributed by atoms with Crippen LogP contribution in [0.1, 0.15) is 105 Å². The van der Waals surface area contributed by atoms with Crippen LogP contribution in [-0.4, -0.2) is 30.5 Å². The van der Waals surface area contributed by atoms with Gasteiger partial charge in [0.2, 0.25) is 0 Å². The Morgan fingerprint density at radius 1 is 0.767 bits per heavy atom. The van der Waals surface area contributed by atoms with Crippen molar-refractivity contribution in [3.63, 3.8) is 0 Å². The van der Waals surface area contributed by atoms with Gasteiger partial charge in [0, 0.05) is 6.54 Å². The van der Waals surface area contributed by atoms with Crippen LogP contribution < -0.4 is 24.0 Å². The molecule has 2 atom stereocenters. The molecule has 0 aliphatic rings. The second-order valence-electron chi connectivity index (χ2n) is 8.85. The molecule has 0 N–H and O–H groups in total. The molecule has 2 unspecified atom stereocenters. The Morgan fingerprint density at radius 3 is 1.57 bits per heavy atom. The van der Waals surface area contributed by atoms with Gasteiger partial charge < -0.3 is 9.90 Å². The van der Waals surface area contributed by atoms with Gasteiger partial charge in [-0.05, 0) is 77.3 Å². The third-order valence-electron chi connectivity index (χ3n) is 5.84. The number of aliphatic carboxylic acids is 1. The molecule has 0 aliphatic heterocycles. The van der Waals surface area contributed by atoms with Crippen LogP contribution in [0.15, 0.2) is 24.3 Å². The smallest absolute Gasteiger partial charge is 0.549 e. The van der Waals surface area contributed by atoms with Gasteiger partial charge >= 0.3 is 18.9 Å². The molecular formula is C26H48LiNO2. The monoisotopic (exact) mass is 413 g/mol. The van der Waals surface area contributed by atoms with Crippen molar-refractivity contribution in [3.8, 4) is 0 Å². The zero-order valence-electron chi connectivity index (χ0n) is 20.8. The Labute approximate surface area is 199 Å². The number of carbonyl (C=O) groups is 1. The zero-order valence-corrected chi connectivity index (χ0v) is 20.8. The van der Waals surface area contributed by atoms with Crippen LogP contribution in [0.25, 0.3) is 0 Å². The molecule has 0 aromatic rings. The number of allylic oxidation sites excluding steroid dienone is 4. The number of rotatable bonds is 20. The van der Waals surface area contributed by atoms with E-state index >= 15 is 0 Å². The maximum absolute atomic E-state index is 11.1. The molecule has 0 saturated carbocycles. The first-order valence-electron chi connectivity index (χ1n) is 12.1. The molecule has 170 valence electrons. The summed E-state index contributed by atoms with van der Waals surface area (Å²) in [5, 5.41) is 11.1. The first-order valence-corrected chi connectivity index (χ1v) is 12.1. The predicted octanol–water partition coefficient (Wildman–Crippen LogP) is 3.15. The van der Waals surface area contributed by atoms with Crippen LogP contribution in [0, 0.1) is 11.8 Å². The van der Waals surface area contributed by atoms with Gasteiger partial charge in [0.1, 0.15) is 0 Å². The average Bonchev–Trinajstić information content (AvgIpc) is 2.69. The van der Waals surface area contributed by atoms with E-state index in [2.05, 4.69) is 56.9 Å². The van der Waals surface area contributed by atoms with Gasteiger partial charge in [-0.1, -0.05) is 76.7 Å². The topological polar surface area (TPSA) is 43.4 Å². The molecular weight excluding hydrogens is 365 g/mol. The summed E-state index contributed by atoms with van der Waals surface area (Å²) in [6, 6.07) is 0. The van der Waals surface area contributed by atoms with Gasteiger partial charge in [0.05, 0.1) is 5.97 Å². The Hall–Kier alpha value is -0.493. The SMILES string of the molecule is C/C=C/CCCCCC(C)CCN(CCC(C)CCCCC/C=C/C)CC(=O)[O-].[Li+]. The largest absolute Gasteiger partial charge is 1.00 e. The average molecular weight is 414 g/mol. The number of carboxylic acid groups (broad SMARTS) is 1. The van der Waals surface area contributed by atoms with E-state index in [-0.39, 0.29) is 25.4 Å². The minimum atomic E-state index is -0.946. The molecule has 3 nitrogen and oxygen atoms in total. The summed E-state index contributed by atoms with van der Waals surface area (Å²) in [5.41, 5.74) is 0. The van der Waals surface area contributed by atoms with Crippen molar-refractivity contribution in [2.75, 3.05) is 19.6 Å². The second kappa shape index (κ2) is 23.2. The third-order valence-corrected chi connectivity index (χ3v) is 5.84. The van der Waals surface area contributed by atoms with Gasteiger partial charge in [-0.3, -0.25) is 4.90 Å². The molecule has 0 bridgehead atoms. The fourth-order valence-corrected chi connectivity index (χ4v) is 3.74. The molecule has 30 heavy (non-hydrogen) atoms. The zero-order chi connectivity index (χ0) is 21.7. The van der Waals surface area contributed by atoms with E-state index < -0.39 is 5.97 Å². The summed E-state index contributed by atoms with van der Waals surface area (Å²) in [4.78, 5) is 13.2. The van der Waals surface area contributed by atoms with Crippen LogP contribution in [0.2, 0.25) is 0 Å². The second-order valence-corrected chi connectivity index (χ2v) is 8.85. The van der Waals surface area contributed by atoms with Gasteiger partial charge in [-0.25, -0.2) is 0 Å². The molecule has 0 heterocycles. The Kier molecular flexibility index (Phi) is 24.5. The molecule has 0 saturated heterocycles. The summed E-state index contributed by atoms with van der Waals surface area (Å²) in [6.45, 7) is 10.6. The third kappa shape index (κ3) is 22.2. The predicted molar refractivity (Wildman–Crippen MR) is 125 cm³/mol. The quantitative estimate of drug-likeness (QED) is 0.175. The molecule has 0 aromatic carbocycles.